The summed E-state index contributed by atoms with van der Waals surface area (Å²) in [6, 6.07) is 0. The van der Waals surface area contributed by atoms with E-state index in [-0.39, 0.29) is 11.8 Å². The summed E-state index contributed by atoms with van der Waals surface area (Å²) in [5.74, 6) is 1.83. The number of aryl methyl sites for hydroxylation is 2. The van der Waals surface area contributed by atoms with Gasteiger partial charge in [0.2, 0.25) is 12.3 Å². The van der Waals surface area contributed by atoms with Crippen LogP contribution in [0.15, 0.2) is 15.4 Å². The molecule has 2 aromatic rings. The largest absolute Gasteiger partial charge is 0.361 e. The second kappa shape index (κ2) is 5.67. The van der Waals surface area contributed by atoms with Crippen LogP contribution in [0.5, 0.6) is 0 Å². The predicted molar refractivity (Wildman–Crippen MR) is 72.5 cm³/mol. The lowest BCUT2D eigenvalue weighted by Crippen LogP contribution is -2.28. The second-order valence-corrected chi connectivity index (χ2v) is 5.42. The van der Waals surface area contributed by atoms with Gasteiger partial charge in [0.15, 0.2) is 5.82 Å². The van der Waals surface area contributed by atoms with E-state index in [4.69, 9.17) is 9.05 Å². The molecule has 7 heteroatoms. The van der Waals surface area contributed by atoms with Gasteiger partial charge in [0.05, 0.1) is 5.69 Å². The number of hydrogen-bond donors (Lipinski definition) is 0. The molecule has 0 spiro atoms. The van der Waals surface area contributed by atoms with Gasteiger partial charge < -0.3 is 13.9 Å². The van der Waals surface area contributed by atoms with Crippen molar-refractivity contribution in [3.8, 4) is 0 Å². The Balaban J connectivity index is 1.55. The summed E-state index contributed by atoms with van der Waals surface area (Å²) in [6.07, 6.45) is 3.36. The van der Waals surface area contributed by atoms with Crippen molar-refractivity contribution in [2.75, 3.05) is 13.1 Å². The summed E-state index contributed by atoms with van der Waals surface area (Å²) >= 11 is 0. The average Bonchev–Trinajstić information content (AvgIpc) is 3.18. The number of aromatic nitrogens is 3. The Morgan fingerprint density at radius 3 is 2.95 bits per heavy atom. The van der Waals surface area contributed by atoms with Crippen LogP contribution >= 0.6 is 0 Å². The molecule has 7 nitrogen and oxygen atoms in total. The zero-order chi connectivity index (χ0) is 14.8. The molecule has 3 rings (SSSR count). The van der Waals surface area contributed by atoms with Gasteiger partial charge in [-0.3, -0.25) is 4.79 Å². The molecule has 2 aromatic heterocycles. The second-order valence-electron chi connectivity index (χ2n) is 5.42. The number of carbonyl (C=O) groups is 1. The molecule has 1 saturated heterocycles. The molecule has 112 valence electrons. The molecule has 0 aromatic carbocycles. The number of likely N-dealkylation sites (tertiary alicyclic amines) is 1. The van der Waals surface area contributed by atoms with Crippen LogP contribution in [0.2, 0.25) is 0 Å². The van der Waals surface area contributed by atoms with Gasteiger partial charge >= 0.3 is 0 Å². The van der Waals surface area contributed by atoms with E-state index in [2.05, 4.69) is 15.3 Å². The van der Waals surface area contributed by atoms with Crippen LogP contribution in [0, 0.1) is 13.8 Å². The third-order valence-electron chi connectivity index (χ3n) is 4.05. The number of carbonyl (C=O) groups excluding carboxylic acids is 1. The minimum Gasteiger partial charge on any atom is -0.361 e. The van der Waals surface area contributed by atoms with Crippen LogP contribution in [0.25, 0.3) is 0 Å². The van der Waals surface area contributed by atoms with E-state index in [1.54, 1.807) is 0 Å². The van der Waals surface area contributed by atoms with Crippen LogP contribution < -0.4 is 0 Å². The zero-order valence-corrected chi connectivity index (χ0v) is 12.2. The van der Waals surface area contributed by atoms with E-state index < -0.39 is 0 Å². The fraction of sp³-hybridized carbons (Fsp3) is 0.571. The van der Waals surface area contributed by atoms with Gasteiger partial charge in [-0.15, -0.1) is 0 Å². The summed E-state index contributed by atoms with van der Waals surface area (Å²) in [5, 5.41) is 7.77. The molecule has 1 unspecified atom stereocenters. The molecular formula is C14H18N4O3. The minimum absolute atomic E-state index is 0.154. The summed E-state index contributed by atoms with van der Waals surface area (Å²) in [4.78, 5) is 18.2. The van der Waals surface area contributed by atoms with Gasteiger partial charge in [-0.05, 0) is 26.7 Å². The van der Waals surface area contributed by atoms with Gasteiger partial charge in [-0.1, -0.05) is 10.3 Å². The smallest absolute Gasteiger partial charge is 0.222 e. The standard InChI is InChI=1S/C14H18N4O3/c1-9-12(10(2)21-16-9)3-4-13(19)18-6-5-11(7-18)14-15-8-20-17-14/h8,11H,3-7H2,1-2H3. The first-order valence-electron chi connectivity index (χ1n) is 7.11. The van der Waals surface area contributed by atoms with E-state index in [9.17, 15) is 4.79 Å². The molecule has 1 atom stereocenters. The van der Waals surface area contributed by atoms with Gasteiger partial charge in [-0.25, -0.2) is 0 Å². The van der Waals surface area contributed by atoms with Crippen LogP contribution in [0.1, 0.15) is 41.6 Å². The maximum absolute atomic E-state index is 12.3. The van der Waals surface area contributed by atoms with Crippen LogP contribution in [0.3, 0.4) is 0 Å². The van der Waals surface area contributed by atoms with Crippen molar-refractivity contribution in [1.29, 1.82) is 0 Å². The van der Waals surface area contributed by atoms with E-state index in [1.165, 1.54) is 6.39 Å². The molecule has 1 aliphatic rings. The number of hydrogen-bond acceptors (Lipinski definition) is 6. The van der Waals surface area contributed by atoms with Crippen LogP contribution in [0.4, 0.5) is 0 Å². The average molecular weight is 290 g/mol. The highest BCUT2D eigenvalue weighted by Crippen LogP contribution is 2.25. The SMILES string of the molecule is Cc1noc(C)c1CCC(=O)N1CCC(c2ncon2)C1. The highest BCUT2D eigenvalue weighted by molar-refractivity contribution is 5.76. The first-order chi connectivity index (χ1) is 10.1. The Morgan fingerprint density at radius 2 is 2.29 bits per heavy atom. The highest BCUT2D eigenvalue weighted by atomic mass is 16.5. The Hall–Kier alpha value is -2.18. The molecule has 1 fully saturated rings. The summed E-state index contributed by atoms with van der Waals surface area (Å²) in [7, 11) is 0. The molecule has 0 bridgehead atoms. The van der Waals surface area contributed by atoms with Gasteiger partial charge in [0, 0.05) is 31.0 Å². The fourth-order valence-electron chi connectivity index (χ4n) is 2.81. The van der Waals surface area contributed by atoms with Crippen molar-refractivity contribution in [3.63, 3.8) is 0 Å². The molecule has 0 aliphatic carbocycles. The summed E-state index contributed by atoms with van der Waals surface area (Å²) in [5.41, 5.74) is 1.91. The van der Waals surface area contributed by atoms with Crippen molar-refractivity contribution in [2.24, 2.45) is 0 Å². The van der Waals surface area contributed by atoms with E-state index in [0.29, 0.717) is 25.2 Å². The first-order valence-corrected chi connectivity index (χ1v) is 7.11. The maximum Gasteiger partial charge on any atom is 0.222 e. The van der Waals surface area contributed by atoms with Crippen molar-refractivity contribution >= 4 is 5.91 Å². The molecule has 0 N–H and O–H groups in total. The Labute approximate surface area is 122 Å². The lowest BCUT2D eigenvalue weighted by Gasteiger charge is -2.15. The fourth-order valence-corrected chi connectivity index (χ4v) is 2.81. The maximum atomic E-state index is 12.3. The van der Waals surface area contributed by atoms with Gasteiger partial charge in [-0.2, -0.15) is 4.98 Å². The van der Waals surface area contributed by atoms with Crippen LogP contribution in [-0.2, 0) is 11.2 Å². The lowest BCUT2D eigenvalue weighted by atomic mass is 10.1. The molecule has 1 aliphatic heterocycles. The number of nitrogens with zero attached hydrogens (tertiary/aromatic N) is 4. The number of rotatable bonds is 4. The Bertz CT molecular complexity index is 601. The van der Waals surface area contributed by atoms with Crippen molar-refractivity contribution in [3.05, 3.63) is 29.2 Å². The lowest BCUT2D eigenvalue weighted by molar-refractivity contribution is -0.130. The van der Waals surface area contributed by atoms with Crippen molar-refractivity contribution < 1.29 is 13.8 Å². The first kappa shape index (κ1) is 13.8. The summed E-state index contributed by atoms with van der Waals surface area (Å²) in [6.45, 7) is 5.19. The van der Waals surface area contributed by atoms with Crippen molar-refractivity contribution in [1.82, 2.24) is 20.2 Å². The Morgan fingerprint density at radius 1 is 1.43 bits per heavy atom. The predicted octanol–water partition coefficient (Wildman–Crippen LogP) is 1.62. The Kier molecular flexibility index (Phi) is 3.72. The highest BCUT2D eigenvalue weighted by Gasteiger charge is 2.29. The van der Waals surface area contributed by atoms with Gasteiger partial charge in [0.25, 0.3) is 0 Å². The quantitative estimate of drug-likeness (QED) is 0.850. The molecule has 0 saturated carbocycles. The third-order valence-corrected chi connectivity index (χ3v) is 4.05. The van der Waals surface area contributed by atoms with Crippen LogP contribution in [-0.4, -0.2) is 39.2 Å². The monoisotopic (exact) mass is 290 g/mol. The molecular weight excluding hydrogens is 272 g/mol. The minimum atomic E-state index is 0.154. The van der Waals surface area contributed by atoms with E-state index in [0.717, 1.165) is 30.0 Å². The van der Waals surface area contributed by atoms with E-state index >= 15 is 0 Å². The molecule has 21 heavy (non-hydrogen) atoms. The summed E-state index contributed by atoms with van der Waals surface area (Å²) < 4.78 is 9.88. The molecule has 3 heterocycles. The third kappa shape index (κ3) is 2.81. The van der Waals surface area contributed by atoms with E-state index in [1.807, 2.05) is 18.7 Å². The molecule has 1 amide bonds. The van der Waals surface area contributed by atoms with Crippen molar-refractivity contribution in [2.45, 2.75) is 39.0 Å². The van der Waals surface area contributed by atoms with Gasteiger partial charge in [0.1, 0.15) is 5.76 Å². The topological polar surface area (TPSA) is 85.3 Å². The zero-order valence-electron chi connectivity index (χ0n) is 12.2. The molecule has 0 radical (unpaired) electrons. The normalized spacial score (nSPS) is 18.4. The number of amides is 1.